The highest BCUT2D eigenvalue weighted by Crippen LogP contribution is 2.23. The molecule has 0 fully saturated rings. The lowest BCUT2D eigenvalue weighted by atomic mass is 9.92. The summed E-state index contributed by atoms with van der Waals surface area (Å²) in [4.78, 5) is 35.2. The Bertz CT molecular complexity index is 690. The van der Waals surface area contributed by atoms with Gasteiger partial charge in [-0.1, -0.05) is 32.4 Å². The highest BCUT2D eigenvalue weighted by atomic mass is 35.5. The first kappa shape index (κ1) is 21.8. The van der Waals surface area contributed by atoms with Gasteiger partial charge >= 0.3 is 5.97 Å². The minimum atomic E-state index is -2.89. The van der Waals surface area contributed by atoms with Crippen LogP contribution in [0, 0.1) is 5.41 Å². The summed E-state index contributed by atoms with van der Waals surface area (Å²) in [5.74, 6) is -2.77. The van der Waals surface area contributed by atoms with Crippen molar-refractivity contribution in [3.8, 4) is 0 Å². The predicted octanol–water partition coefficient (Wildman–Crippen LogP) is 3.55. The highest BCUT2D eigenvalue weighted by Gasteiger charge is 2.25. The number of benzene rings is 1. The molecule has 1 atom stereocenters. The fourth-order valence-electron chi connectivity index (χ4n) is 2.10. The summed E-state index contributed by atoms with van der Waals surface area (Å²) >= 11 is 5.93. The molecule has 1 rings (SSSR count). The molecule has 26 heavy (non-hydrogen) atoms. The minimum Gasteiger partial charge on any atom is -0.480 e. The number of hydrogen-bond acceptors (Lipinski definition) is 3. The lowest BCUT2D eigenvalue weighted by Gasteiger charge is -2.18. The molecule has 3 N–H and O–H groups in total. The van der Waals surface area contributed by atoms with Crippen molar-refractivity contribution >= 4 is 35.1 Å². The van der Waals surface area contributed by atoms with Crippen molar-refractivity contribution in [1.29, 1.82) is 0 Å². The van der Waals surface area contributed by atoms with Crippen molar-refractivity contribution < 1.29 is 28.3 Å². The number of halogens is 3. The monoisotopic (exact) mass is 390 g/mol. The first-order chi connectivity index (χ1) is 11.9. The number of amides is 2. The SMILES string of the molecule is CC(C)(C)CC(=O)Nc1ccc(Cl)c(C(=O)NC(CC(F)F)C(=O)O)c1. The van der Waals surface area contributed by atoms with Gasteiger partial charge in [0.05, 0.1) is 10.6 Å². The predicted molar refractivity (Wildman–Crippen MR) is 93.7 cm³/mol. The van der Waals surface area contributed by atoms with Gasteiger partial charge in [-0.3, -0.25) is 9.59 Å². The third-order valence-corrected chi connectivity index (χ3v) is 3.53. The number of carboxylic acids is 1. The minimum absolute atomic E-state index is 0.00231. The zero-order valence-electron chi connectivity index (χ0n) is 14.6. The maximum Gasteiger partial charge on any atom is 0.326 e. The molecule has 1 unspecified atom stereocenters. The molecular weight excluding hydrogens is 370 g/mol. The van der Waals surface area contributed by atoms with Crippen LogP contribution in [0.25, 0.3) is 0 Å². The van der Waals surface area contributed by atoms with Crippen molar-refractivity contribution in [3.05, 3.63) is 28.8 Å². The van der Waals surface area contributed by atoms with Crippen molar-refractivity contribution in [2.24, 2.45) is 5.41 Å². The molecule has 0 bridgehead atoms. The Balaban J connectivity index is 2.93. The molecule has 0 aliphatic rings. The number of carbonyl (C=O) groups is 3. The van der Waals surface area contributed by atoms with Crippen LogP contribution in [0.5, 0.6) is 0 Å². The second-order valence-corrected chi connectivity index (χ2v) is 7.38. The summed E-state index contributed by atoms with van der Waals surface area (Å²) in [6.07, 6.45) is -3.68. The first-order valence-corrected chi connectivity index (χ1v) is 8.18. The first-order valence-electron chi connectivity index (χ1n) is 7.80. The normalized spacial score (nSPS) is 12.6. The molecule has 0 aliphatic carbocycles. The lowest BCUT2D eigenvalue weighted by Crippen LogP contribution is -2.42. The molecule has 1 aromatic rings. The number of anilines is 1. The standard InChI is InChI=1S/C17H21ClF2N2O4/c1-17(2,3)8-14(23)21-9-4-5-11(18)10(6-9)15(24)22-12(16(25)26)7-13(19)20/h4-6,12-13H,7-8H2,1-3H3,(H,21,23)(H,22,24)(H,25,26). The molecular formula is C17H21ClF2N2O4. The van der Waals surface area contributed by atoms with Gasteiger partial charge in [0.2, 0.25) is 12.3 Å². The van der Waals surface area contributed by atoms with Crippen LogP contribution in [0.1, 0.15) is 44.0 Å². The molecule has 0 saturated heterocycles. The van der Waals surface area contributed by atoms with E-state index in [0.29, 0.717) is 0 Å². The summed E-state index contributed by atoms with van der Waals surface area (Å²) in [6.45, 7) is 5.67. The Morgan fingerprint density at radius 3 is 2.35 bits per heavy atom. The topological polar surface area (TPSA) is 95.5 Å². The maximum absolute atomic E-state index is 12.4. The van der Waals surface area contributed by atoms with Crippen LogP contribution in [0.4, 0.5) is 14.5 Å². The Labute approximate surface area is 154 Å². The Morgan fingerprint density at radius 1 is 1.23 bits per heavy atom. The van der Waals surface area contributed by atoms with Crippen molar-refractivity contribution in [2.75, 3.05) is 5.32 Å². The third-order valence-electron chi connectivity index (χ3n) is 3.20. The maximum atomic E-state index is 12.4. The quantitative estimate of drug-likeness (QED) is 0.663. The largest absolute Gasteiger partial charge is 0.480 e. The van der Waals surface area contributed by atoms with Gasteiger partial charge in [0.1, 0.15) is 6.04 Å². The average Bonchev–Trinajstić information content (AvgIpc) is 2.45. The third kappa shape index (κ3) is 7.35. The lowest BCUT2D eigenvalue weighted by molar-refractivity contribution is -0.140. The zero-order chi connectivity index (χ0) is 20.1. The average molecular weight is 391 g/mol. The Morgan fingerprint density at radius 2 is 1.85 bits per heavy atom. The highest BCUT2D eigenvalue weighted by molar-refractivity contribution is 6.34. The fraction of sp³-hybridized carbons (Fsp3) is 0.471. The molecule has 0 spiro atoms. The van der Waals surface area contributed by atoms with Gasteiger partial charge in [-0.15, -0.1) is 0 Å². The van der Waals surface area contributed by atoms with Crippen molar-refractivity contribution in [3.63, 3.8) is 0 Å². The molecule has 0 radical (unpaired) electrons. The number of aliphatic carboxylic acids is 1. The smallest absolute Gasteiger partial charge is 0.326 e. The van der Waals surface area contributed by atoms with Crippen molar-refractivity contribution in [2.45, 2.75) is 46.1 Å². The molecule has 2 amide bonds. The van der Waals surface area contributed by atoms with Crippen LogP contribution in [0.3, 0.4) is 0 Å². The second-order valence-electron chi connectivity index (χ2n) is 6.97. The summed E-state index contributed by atoms with van der Waals surface area (Å²) < 4.78 is 24.9. The van der Waals surface area contributed by atoms with Gasteiger partial charge in [-0.2, -0.15) is 0 Å². The Hall–Kier alpha value is -2.22. The van der Waals surface area contributed by atoms with Gasteiger partial charge in [-0.05, 0) is 23.6 Å². The van der Waals surface area contributed by atoms with E-state index in [-0.39, 0.29) is 34.0 Å². The molecule has 0 aliphatic heterocycles. The molecule has 1 aromatic carbocycles. The molecule has 0 saturated carbocycles. The number of rotatable bonds is 7. The van der Waals surface area contributed by atoms with Gasteiger partial charge < -0.3 is 15.7 Å². The van der Waals surface area contributed by atoms with Crippen molar-refractivity contribution in [1.82, 2.24) is 5.32 Å². The van der Waals surface area contributed by atoms with E-state index < -0.39 is 30.8 Å². The van der Waals surface area contributed by atoms with E-state index in [2.05, 4.69) is 5.32 Å². The molecule has 144 valence electrons. The van der Waals surface area contributed by atoms with E-state index in [0.717, 1.165) is 0 Å². The molecule has 0 aromatic heterocycles. The Kier molecular flexibility index (Phi) is 7.50. The summed E-state index contributed by atoms with van der Waals surface area (Å²) in [7, 11) is 0. The van der Waals surface area contributed by atoms with Gasteiger partial charge in [-0.25, -0.2) is 13.6 Å². The van der Waals surface area contributed by atoms with Crippen LogP contribution in [-0.2, 0) is 9.59 Å². The van der Waals surface area contributed by atoms with Crippen LogP contribution in [0.15, 0.2) is 18.2 Å². The summed E-state index contributed by atoms with van der Waals surface area (Å²) in [6, 6.07) is 2.34. The van der Waals surface area contributed by atoms with Crippen LogP contribution in [0.2, 0.25) is 5.02 Å². The second kappa shape index (κ2) is 8.93. The zero-order valence-corrected chi connectivity index (χ0v) is 15.4. The summed E-state index contributed by atoms with van der Waals surface area (Å²) in [5.41, 5.74) is -0.0731. The van der Waals surface area contributed by atoms with Gasteiger partial charge in [0.25, 0.3) is 5.91 Å². The van der Waals surface area contributed by atoms with Crippen LogP contribution >= 0.6 is 11.6 Å². The van der Waals surface area contributed by atoms with E-state index in [9.17, 15) is 23.2 Å². The molecule has 6 nitrogen and oxygen atoms in total. The fourth-order valence-corrected chi connectivity index (χ4v) is 2.30. The molecule has 0 heterocycles. The number of hydrogen-bond donors (Lipinski definition) is 3. The van der Waals surface area contributed by atoms with E-state index in [4.69, 9.17) is 16.7 Å². The number of alkyl halides is 2. The number of carboxylic acid groups (broad SMARTS) is 1. The van der Waals surface area contributed by atoms with E-state index in [1.54, 1.807) is 0 Å². The van der Waals surface area contributed by atoms with E-state index in [1.807, 2.05) is 26.1 Å². The van der Waals surface area contributed by atoms with E-state index >= 15 is 0 Å². The van der Waals surface area contributed by atoms with Gasteiger partial charge in [0.15, 0.2) is 0 Å². The number of carbonyl (C=O) groups excluding carboxylic acids is 2. The van der Waals surface area contributed by atoms with Gasteiger partial charge in [0, 0.05) is 18.5 Å². The van der Waals surface area contributed by atoms with E-state index in [1.165, 1.54) is 18.2 Å². The number of nitrogens with one attached hydrogen (secondary N) is 2. The molecule has 9 heteroatoms. The summed E-state index contributed by atoms with van der Waals surface area (Å²) in [5, 5.41) is 13.6. The van der Waals surface area contributed by atoms with Crippen LogP contribution in [-0.4, -0.2) is 35.4 Å². The van der Waals surface area contributed by atoms with Crippen LogP contribution < -0.4 is 10.6 Å².